The number of hydrogen-bond acceptors (Lipinski definition) is 2. The molecular weight excluding hydrogens is 211 g/mol. The Bertz CT molecular complexity index is 343. The molecule has 0 aliphatic carbocycles. The summed E-state index contributed by atoms with van der Waals surface area (Å²) in [6.07, 6.45) is 4.77. The van der Waals surface area contributed by atoms with Crippen molar-refractivity contribution in [1.29, 1.82) is 0 Å². The highest BCUT2D eigenvalue weighted by atomic mass is 32.2. The zero-order chi connectivity index (χ0) is 11.1. The van der Waals surface area contributed by atoms with Gasteiger partial charge in [-0.05, 0) is 24.1 Å². The molecule has 80 valence electrons. The molecule has 1 aromatic carbocycles. The van der Waals surface area contributed by atoms with Gasteiger partial charge in [-0.15, -0.1) is 0 Å². The van der Waals surface area contributed by atoms with Crippen LogP contribution >= 0.6 is 11.8 Å². The van der Waals surface area contributed by atoms with Crippen molar-refractivity contribution in [2.75, 3.05) is 5.75 Å². The Morgan fingerprint density at radius 3 is 2.67 bits per heavy atom. The number of thioether (sulfide) groups is 1. The molecule has 0 spiro atoms. The van der Waals surface area contributed by atoms with Crippen LogP contribution in [0.15, 0.2) is 30.3 Å². The molecule has 0 bridgehead atoms. The van der Waals surface area contributed by atoms with Gasteiger partial charge >= 0.3 is 0 Å². The third-order valence-corrected chi connectivity index (χ3v) is 2.62. The summed E-state index contributed by atoms with van der Waals surface area (Å²) in [4.78, 5) is 10.6. The van der Waals surface area contributed by atoms with Crippen molar-refractivity contribution in [1.82, 2.24) is 0 Å². The van der Waals surface area contributed by atoms with Gasteiger partial charge in [0.25, 0.3) is 0 Å². The van der Waals surface area contributed by atoms with Crippen molar-refractivity contribution in [2.45, 2.75) is 13.3 Å². The average molecular weight is 224 g/mol. The molecule has 0 fully saturated rings. The van der Waals surface area contributed by atoms with Crippen LogP contribution in [0.5, 0.6) is 0 Å². The predicted molar refractivity (Wildman–Crippen MR) is 63.2 cm³/mol. The monoisotopic (exact) mass is 224 g/mol. The lowest BCUT2D eigenvalue weighted by Crippen LogP contribution is -1.83. The van der Waals surface area contributed by atoms with E-state index in [0.717, 1.165) is 17.7 Å². The number of benzene rings is 1. The third kappa shape index (κ3) is 5.37. The van der Waals surface area contributed by atoms with Crippen LogP contribution in [0.4, 0.5) is 4.39 Å². The Morgan fingerprint density at radius 2 is 2.07 bits per heavy atom. The second-order valence-corrected chi connectivity index (χ2v) is 4.35. The summed E-state index contributed by atoms with van der Waals surface area (Å²) in [5, 5.41) is 0.144. The van der Waals surface area contributed by atoms with Crippen LogP contribution in [-0.4, -0.2) is 10.9 Å². The topological polar surface area (TPSA) is 17.1 Å². The number of hydrogen-bond donors (Lipinski definition) is 0. The number of halogens is 1. The minimum Gasteiger partial charge on any atom is -0.288 e. The molecule has 1 nitrogen and oxygen atoms in total. The lowest BCUT2D eigenvalue weighted by atomic mass is 10.2. The van der Waals surface area contributed by atoms with Crippen LogP contribution in [0.25, 0.3) is 6.08 Å². The first-order valence-corrected chi connectivity index (χ1v) is 5.72. The summed E-state index contributed by atoms with van der Waals surface area (Å²) in [5.74, 6) is 0.576. The zero-order valence-corrected chi connectivity index (χ0v) is 9.39. The molecule has 0 heterocycles. The summed E-state index contributed by atoms with van der Waals surface area (Å²) in [7, 11) is 0. The number of carbonyl (C=O) groups is 1. The fourth-order valence-electron chi connectivity index (χ4n) is 1.06. The van der Waals surface area contributed by atoms with Crippen LogP contribution < -0.4 is 0 Å². The minimum atomic E-state index is -0.223. The summed E-state index contributed by atoms with van der Waals surface area (Å²) in [6.45, 7) is 1.56. The van der Waals surface area contributed by atoms with Gasteiger partial charge in [0.2, 0.25) is 0 Å². The molecule has 0 atom stereocenters. The van der Waals surface area contributed by atoms with Gasteiger partial charge in [0.1, 0.15) is 5.82 Å². The molecule has 0 saturated heterocycles. The van der Waals surface area contributed by atoms with Crippen LogP contribution in [0.2, 0.25) is 0 Å². The number of rotatable bonds is 4. The molecule has 0 aromatic heterocycles. The van der Waals surface area contributed by atoms with Crippen molar-refractivity contribution in [3.63, 3.8) is 0 Å². The van der Waals surface area contributed by atoms with Crippen molar-refractivity contribution < 1.29 is 9.18 Å². The lowest BCUT2D eigenvalue weighted by molar-refractivity contribution is -0.109. The van der Waals surface area contributed by atoms with Gasteiger partial charge in [0.05, 0.1) is 0 Å². The van der Waals surface area contributed by atoms with E-state index in [-0.39, 0.29) is 10.9 Å². The molecule has 0 saturated carbocycles. The first-order chi connectivity index (χ1) is 7.18. The second-order valence-electron chi connectivity index (χ2n) is 3.08. The Hall–Kier alpha value is -1.09. The van der Waals surface area contributed by atoms with Gasteiger partial charge in [-0.2, -0.15) is 0 Å². The van der Waals surface area contributed by atoms with E-state index in [1.54, 1.807) is 19.1 Å². The van der Waals surface area contributed by atoms with Gasteiger partial charge in [-0.3, -0.25) is 4.79 Å². The van der Waals surface area contributed by atoms with E-state index < -0.39 is 0 Å². The van der Waals surface area contributed by atoms with Crippen LogP contribution in [0, 0.1) is 5.82 Å². The van der Waals surface area contributed by atoms with E-state index in [2.05, 4.69) is 0 Å². The molecule has 0 N–H and O–H groups in total. The van der Waals surface area contributed by atoms with Crippen molar-refractivity contribution in [3.05, 3.63) is 41.7 Å². The van der Waals surface area contributed by atoms with E-state index in [1.807, 2.05) is 12.2 Å². The molecule has 1 aromatic rings. The molecule has 0 aliphatic rings. The van der Waals surface area contributed by atoms with Crippen molar-refractivity contribution >= 4 is 23.0 Å². The second kappa shape index (κ2) is 6.40. The normalized spacial score (nSPS) is 10.8. The summed E-state index contributed by atoms with van der Waals surface area (Å²) in [5.41, 5.74) is 0.976. The maximum atomic E-state index is 12.6. The number of allylic oxidation sites excluding steroid dienone is 1. The summed E-state index contributed by atoms with van der Waals surface area (Å²) < 4.78 is 12.6. The van der Waals surface area contributed by atoms with Gasteiger partial charge in [0, 0.05) is 12.7 Å². The Balaban J connectivity index is 2.32. The van der Waals surface area contributed by atoms with E-state index >= 15 is 0 Å². The summed E-state index contributed by atoms with van der Waals surface area (Å²) in [6, 6.07) is 6.32. The first-order valence-electron chi connectivity index (χ1n) is 4.74. The Labute approximate surface area is 93.4 Å². The standard InChI is InChI=1S/C12H13FOS/c1-10(14)15-9-3-2-4-11-5-7-12(13)8-6-11/h2,4-8H,3,9H2,1H3. The maximum Gasteiger partial charge on any atom is 0.185 e. The molecule has 0 unspecified atom stereocenters. The van der Waals surface area contributed by atoms with Crippen molar-refractivity contribution in [2.24, 2.45) is 0 Å². The van der Waals surface area contributed by atoms with E-state index in [4.69, 9.17) is 0 Å². The van der Waals surface area contributed by atoms with Crippen LogP contribution in [-0.2, 0) is 4.79 Å². The average Bonchev–Trinajstić information content (AvgIpc) is 2.20. The van der Waals surface area contributed by atoms with E-state index in [9.17, 15) is 9.18 Å². The minimum absolute atomic E-state index is 0.144. The molecule has 0 amide bonds. The quantitative estimate of drug-likeness (QED) is 0.728. The largest absolute Gasteiger partial charge is 0.288 e. The molecule has 1 rings (SSSR count). The molecule has 0 aliphatic heterocycles. The van der Waals surface area contributed by atoms with Crippen LogP contribution in [0.3, 0.4) is 0 Å². The van der Waals surface area contributed by atoms with Gasteiger partial charge in [-0.25, -0.2) is 4.39 Å². The van der Waals surface area contributed by atoms with Crippen LogP contribution in [0.1, 0.15) is 18.9 Å². The molecule has 3 heteroatoms. The highest BCUT2D eigenvalue weighted by Gasteiger charge is 1.91. The fourth-order valence-corrected chi connectivity index (χ4v) is 1.61. The van der Waals surface area contributed by atoms with Crippen molar-refractivity contribution in [3.8, 4) is 0 Å². The van der Waals surface area contributed by atoms with E-state index in [0.29, 0.717) is 0 Å². The van der Waals surface area contributed by atoms with E-state index in [1.165, 1.54) is 23.9 Å². The molecule has 15 heavy (non-hydrogen) atoms. The first kappa shape index (κ1) is 12.0. The van der Waals surface area contributed by atoms with Gasteiger partial charge in [0.15, 0.2) is 5.12 Å². The zero-order valence-electron chi connectivity index (χ0n) is 8.57. The lowest BCUT2D eigenvalue weighted by Gasteiger charge is -1.93. The highest BCUT2D eigenvalue weighted by molar-refractivity contribution is 8.13. The maximum absolute atomic E-state index is 12.6. The SMILES string of the molecule is CC(=O)SCCC=Cc1ccc(F)cc1. The smallest absolute Gasteiger partial charge is 0.185 e. The van der Waals surface area contributed by atoms with Gasteiger partial charge in [-0.1, -0.05) is 36.0 Å². The summed E-state index contributed by atoms with van der Waals surface area (Å²) >= 11 is 1.32. The third-order valence-electron chi connectivity index (χ3n) is 1.77. The molecule has 0 radical (unpaired) electrons. The number of carbonyl (C=O) groups excluding carboxylic acids is 1. The Morgan fingerprint density at radius 1 is 1.40 bits per heavy atom. The fraction of sp³-hybridized carbons (Fsp3) is 0.250. The molecular formula is C12H13FOS. The highest BCUT2D eigenvalue weighted by Crippen LogP contribution is 2.07. The predicted octanol–water partition coefficient (Wildman–Crippen LogP) is 3.51. The Kier molecular flexibility index (Phi) is 5.12. The van der Waals surface area contributed by atoms with Gasteiger partial charge < -0.3 is 0 Å².